The minimum Gasteiger partial charge on any atom is -0.496 e. The molecule has 1 aliphatic rings. The summed E-state index contributed by atoms with van der Waals surface area (Å²) in [6.07, 6.45) is -2.79. The van der Waals surface area contributed by atoms with Crippen molar-refractivity contribution in [2.45, 2.75) is 13.1 Å². The van der Waals surface area contributed by atoms with Gasteiger partial charge in [0.15, 0.2) is 0 Å². The first-order valence-corrected chi connectivity index (χ1v) is 7.19. The van der Waals surface area contributed by atoms with Gasteiger partial charge in [-0.1, -0.05) is 12.1 Å². The molecule has 0 spiro atoms. The number of carbonyl (C=O) groups is 1. The van der Waals surface area contributed by atoms with Crippen molar-refractivity contribution in [2.24, 2.45) is 0 Å². The Balaban J connectivity index is 2.02. The van der Waals surface area contributed by atoms with Crippen molar-refractivity contribution in [3.05, 3.63) is 58.7 Å². The fourth-order valence-electron chi connectivity index (χ4n) is 2.67. The van der Waals surface area contributed by atoms with Gasteiger partial charge in [-0.05, 0) is 48.4 Å². The summed E-state index contributed by atoms with van der Waals surface area (Å²) in [6.45, 7) is 1.87. The summed E-state index contributed by atoms with van der Waals surface area (Å²) < 4.78 is 43.5. The smallest absolute Gasteiger partial charge is 0.416 e. The molecule has 3 rings (SSSR count). The van der Waals surface area contributed by atoms with Crippen LogP contribution in [0, 0.1) is 6.92 Å². The van der Waals surface area contributed by atoms with Crippen molar-refractivity contribution in [3.8, 4) is 5.75 Å². The Labute approximate surface area is 136 Å². The first kappa shape index (κ1) is 16.1. The first-order valence-electron chi connectivity index (χ1n) is 7.19. The van der Waals surface area contributed by atoms with Gasteiger partial charge in [0.2, 0.25) is 0 Å². The molecule has 0 aromatic heterocycles. The number of ether oxygens (including phenoxy) is 1. The standard InChI is InChI=1S/C18H14F3NO2/c1-10-7-11(3-6-16(10)24-2)8-14-13-5-4-12(18(19,20)21)9-15(13)22-17(14)23/h3-9H,1-2H3,(H,22,23)/b14-8-. The van der Waals surface area contributed by atoms with Crippen molar-refractivity contribution in [1.29, 1.82) is 0 Å². The van der Waals surface area contributed by atoms with Crippen molar-refractivity contribution in [2.75, 3.05) is 12.4 Å². The lowest BCUT2D eigenvalue weighted by Gasteiger charge is -2.08. The second-order valence-corrected chi connectivity index (χ2v) is 5.50. The average molecular weight is 333 g/mol. The largest absolute Gasteiger partial charge is 0.496 e. The second kappa shape index (κ2) is 5.70. The molecule has 2 aromatic rings. The number of alkyl halides is 3. The normalized spacial score (nSPS) is 15.4. The minimum absolute atomic E-state index is 0.173. The number of benzene rings is 2. The van der Waals surface area contributed by atoms with E-state index in [1.165, 1.54) is 6.07 Å². The maximum absolute atomic E-state index is 12.8. The topological polar surface area (TPSA) is 38.3 Å². The van der Waals surface area contributed by atoms with Crippen LogP contribution in [0.15, 0.2) is 36.4 Å². The predicted octanol–water partition coefficient (Wildman–Crippen LogP) is 4.52. The number of methoxy groups -OCH3 is 1. The maximum Gasteiger partial charge on any atom is 0.416 e. The van der Waals surface area contributed by atoms with Gasteiger partial charge in [0, 0.05) is 16.8 Å². The monoisotopic (exact) mass is 333 g/mol. The molecular weight excluding hydrogens is 319 g/mol. The van der Waals surface area contributed by atoms with E-state index in [9.17, 15) is 18.0 Å². The van der Waals surface area contributed by atoms with E-state index >= 15 is 0 Å². The number of hydrogen-bond acceptors (Lipinski definition) is 2. The molecule has 1 amide bonds. The molecule has 1 N–H and O–H groups in total. The molecule has 6 heteroatoms. The van der Waals surface area contributed by atoms with E-state index < -0.39 is 17.6 Å². The highest BCUT2D eigenvalue weighted by Gasteiger charge is 2.33. The maximum atomic E-state index is 12.8. The Morgan fingerprint density at radius 3 is 2.50 bits per heavy atom. The molecule has 2 aromatic carbocycles. The zero-order valence-corrected chi connectivity index (χ0v) is 13.0. The number of anilines is 1. The number of aryl methyl sites for hydroxylation is 1. The molecule has 0 radical (unpaired) electrons. The average Bonchev–Trinajstić information content (AvgIpc) is 2.82. The summed E-state index contributed by atoms with van der Waals surface area (Å²) >= 11 is 0. The van der Waals surface area contributed by atoms with Crippen LogP contribution in [0.5, 0.6) is 5.75 Å². The zero-order chi connectivity index (χ0) is 17.5. The quantitative estimate of drug-likeness (QED) is 0.821. The van der Waals surface area contributed by atoms with Crippen LogP contribution in [0.3, 0.4) is 0 Å². The van der Waals surface area contributed by atoms with Crippen LogP contribution in [0.2, 0.25) is 0 Å². The van der Waals surface area contributed by atoms with Crippen LogP contribution in [0.4, 0.5) is 18.9 Å². The molecule has 0 unspecified atom stereocenters. The summed E-state index contributed by atoms with van der Waals surface area (Å²) in [7, 11) is 1.57. The van der Waals surface area contributed by atoms with E-state index in [0.29, 0.717) is 11.1 Å². The molecule has 1 aliphatic heterocycles. The highest BCUT2D eigenvalue weighted by Crippen LogP contribution is 2.38. The van der Waals surface area contributed by atoms with E-state index in [0.717, 1.165) is 29.0 Å². The highest BCUT2D eigenvalue weighted by atomic mass is 19.4. The first-order chi connectivity index (χ1) is 11.3. The number of amides is 1. The molecular formula is C18H14F3NO2. The molecule has 124 valence electrons. The fraction of sp³-hybridized carbons (Fsp3) is 0.167. The summed E-state index contributed by atoms with van der Waals surface area (Å²) in [6, 6.07) is 8.66. The minimum atomic E-state index is -4.45. The van der Waals surface area contributed by atoms with Crippen molar-refractivity contribution in [1.82, 2.24) is 0 Å². The summed E-state index contributed by atoms with van der Waals surface area (Å²) in [5.74, 6) is 0.307. The van der Waals surface area contributed by atoms with Crippen molar-refractivity contribution < 1.29 is 22.7 Å². The van der Waals surface area contributed by atoms with Gasteiger partial charge in [-0.25, -0.2) is 0 Å². The Hall–Kier alpha value is -2.76. The second-order valence-electron chi connectivity index (χ2n) is 5.50. The molecule has 24 heavy (non-hydrogen) atoms. The molecule has 0 saturated carbocycles. The van der Waals surface area contributed by atoms with Crippen LogP contribution >= 0.6 is 0 Å². The van der Waals surface area contributed by atoms with E-state index in [1.54, 1.807) is 25.3 Å². The van der Waals surface area contributed by atoms with Gasteiger partial charge in [-0.3, -0.25) is 4.79 Å². The van der Waals surface area contributed by atoms with Gasteiger partial charge in [0.05, 0.1) is 12.7 Å². The summed E-state index contributed by atoms with van der Waals surface area (Å²) in [5.41, 5.74) is 1.85. The Kier molecular flexibility index (Phi) is 3.83. The lowest BCUT2D eigenvalue weighted by Crippen LogP contribution is -2.06. The van der Waals surface area contributed by atoms with Gasteiger partial charge in [0.25, 0.3) is 5.91 Å². The lowest BCUT2D eigenvalue weighted by molar-refractivity contribution is -0.137. The van der Waals surface area contributed by atoms with E-state index in [-0.39, 0.29) is 5.69 Å². The number of nitrogens with one attached hydrogen (secondary N) is 1. The molecule has 3 nitrogen and oxygen atoms in total. The van der Waals surface area contributed by atoms with Crippen molar-refractivity contribution in [3.63, 3.8) is 0 Å². The van der Waals surface area contributed by atoms with Gasteiger partial charge < -0.3 is 10.1 Å². The third kappa shape index (κ3) is 2.87. The van der Waals surface area contributed by atoms with E-state index in [4.69, 9.17) is 4.74 Å². The van der Waals surface area contributed by atoms with E-state index in [2.05, 4.69) is 5.32 Å². The molecule has 0 aliphatic carbocycles. The number of carbonyl (C=O) groups excluding carboxylic acids is 1. The molecule has 0 saturated heterocycles. The lowest BCUT2D eigenvalue weighted by atomic mass is 10.0. The zero-order valence-electron chi connectivity index (χ0n) is 13.0. The number of rotatable bonds is 2. The number of fused-ring (bicyclic) bond motifs is 1. The summed E-state index contributed by atoms with van der Waals surface area (Å²) in [4.78, 5) is 12.1. The molecule has 0 atom stereocenters. The molecule has 0 bridgehead atoms. The highest BCUT2D eigenvalue weighted by molar-refractivity contribution is 6.34. The Morgan fingerprint density at radius 2 is 1.88 bits per heavy atom. The summed E-state index contributed by atoms with van der Waals surface area (Å²) in [5, 5.41) is 2.49. The van der Waals surface area contributed by atoms with Gasteiger partial charge in [-0.15, -0.1) is 0 Å². The molecule has 0 fully saturated rings. The van der Waals surface area contributed by atoms with Crippen LogP contribution < -0.4 is 10.1 Å². The van der Waals surface area contributed by atoms with Gasteiger partial charge in [-0.2, -0.15) is 13.2 Å². The Morgan fingerprint density at radius 1 is 1.12 bits per heavy atom. The fourth-order valence-corrected chi connectivity index (χ4v) is 2.67. The number of hydrogen-bond donors (Lipinski definition) is 1. The van der Waals surface area contributed by atoms with Crippen molar-refractivity contribution >= 4 is 23.2 Å². The van der Waals surface area contributed by atoms with E-state index in [1.807, 2.05) is 13.0 Å². The Bertz CT molecular complexity index is 854. The van der Waals surface area contributed by atoms with Crippen LogP contribution in [0.1, 0.15) is 22.3 Å². The molecule has 1 heterocycles. The van der Waals surface area contributed by atoms with Gasteiger partial charge >= 0.3 is 6.18 Å². The van der Waals surface area contributed by atoms with Gasteiger partial charge in [0.1, 0.15) is 5.75 Å². The number of halogens is 3. The third-order valence-electron chi connectivity index (χ3n) is 3.86. The predicted molar refractivity (Wildman–Crippen MR) is 85.7 cm³/mol. The van der Waals surface area contributed by atoms with Crippen LogP contribution in [0.25, 0.3) is 11.6 Å². The van der Waals surface area contributed by atoms with Crippen LogP contribution in [-0.2, 0) is 11.0 Å². The third-order valence-corrected chi connectivity index (χ3v) is 3.86. The SMILES string of the molecule is COc1ccc(/C=C2\C(=O)Nc3cc(C(F)(F)F)ccc32)cc1C. The van der Waals surface area contributed by atoms with Crippen LogP contribution in [-0.4, -0.2) is 13.0 Å².